The van der Waals surface area contributed by atoms with E-state index < -0.39 is 0 Å². The van der Waals surface area contributed by atoms with E-state index in [4.69, 9.17) is 14.7 Å². The average molecular weight is 221 g/mol. The van der Waals surface area contributed by atoms with Gasteiger partial charge in [0.15, 0.2) is 11.5 Å². The molecule has 86 valence electrons. The molecule has 0 fully saturated rings. The Labute approximate surface area is 94.5 Å². The number of nitrogens with zero attached hydrogens (tertiary/aromatic N) is 1. The average Bonchev–Trinajstić information content (AvgIpc) is 2.63. The molecule has 1 aliphatic carbocycles. The van der Waals surface area contributed by atoms with Crippen LogP contribution in [0.2, 0.25) is 0 Å². The summed E-state index contributed by atoms with van der Waals surface area (Å²) in [5.41, 5.74) is 2.81. The van der Waals surface area contributed by atoms with Crippen LogP contribution in [0.1, 0.15) is 30.4 Å². The Kier molecular flexibility index (Phi) is 2.73. The highest BCUT2D eigenvalue weighted by Gasteiger charge is 2.27. The Hall–Kier alpha value is -1.71. The normalized spacial score (nSPS) is 20.9. The third-order valence-corrected chi connectivity index (χ3v) is 3.02. The summed E-state index contributed by atoms with van der Waals surface area (Å²) in [5.74, 6) is 1.73. The third kappa shape index (κ3) is 1.50. The number of methoxy groups -OCH3 is 2. The van der Waals surface area contributed by atoms with E-state index in [-0.39, 0.29) is 0 Å². The van der Waals surface area contributed by atoms with Gasteiger partial charge in [0, 0.05) is 12.0 Å². The van der Waals surface area contributed by atoms with Crippen LogP contribution in [0, 0.1) is 0 Å². The maximum Gasteiger partial charge on any atom is 0.161 e. The lowest BCUT2D eigenvalue weighted by Gasteiger charge is -2.11. The highest BCUT2D eigenvalue weighted by atomic mass is 16.5. The minimum Gasteiger partial charge on any atom is -0.493 e. The van der Waals surface area contributed by atoms with E-state index in [1.165, 1.54) is 0 Å². The van der Waals surface area contributed by atoms with Gasteiger partial charge in [0.1, 0.15) is 0 Å². The molecule has 0 saturated carbocycles. The van der Waals surface area contributed by atoms with Gasteiger partial charge in [-0.1, -0.05) is 12.1 Å². The standard InChI is InChI=1S/C12H15NO3/c1-7-4-10(13-14)9-6-12(16-3)11(15-2)5-8(7)9/h5-7,14H,4H2,1-3H3/b13-10+. The molecule has 0 saturated heterocycles. The topological polar surface area (TPSA) is 51.0 Å². The maximum atomic E-state index is 8.94. The Bertz CT molecular complexity index is 440. The van der Waals surface area contributed by atoms with Gasteiger partial charge < -0.3 is 14.7 Å². The Balaban J connectivity index is 2.59. The largest absolute Gasteiger partial charge is 0.493 e. The van der Waals surface area contributed by atoms with Crippen molar-refractivity contribution in [2.75, 3.05) is 14.2 Å². The first kappa shape index (κ1) is 10.8. The van der Waals surface area contributed by atoms with Crippen molar-refractivity contribution in [1.29, 1.82) is 0 Å². The molecule has 16 heavy (non-hydrogen) atoms. The fraction of sp³-hybridized carbons (Fsp3) is 0.417. The van der Waals surface area contributed by atoms with Gasteiger partial charge >= 0.3 is 0 Å². The van der Waals surface area contributed by atoms with Crippen molar-refractivity contribution in [3.8, 4) is 11.5 Å². The first-order valence-corrected chi connectivity index (χ1v) is 5.18. The number of hydrogen-bond donors (Lipinski definition) is 1. The molecule has 1 aliphatic rings. The molecule has 0 aliphatic heterocycles. The SMILES string of the molecule is COc1cc2c(cc1OC)C(C)C/C2=N\O. The lowest BCUT2D eigenvalue weighted by molar-refractivity contribution is 0.318. The minimum atomic E-state index is 0.348. The predicted octanol–water partition coefficient (Wildman–Crippen LogP) is 2.39. The number of rotatable bonds is 2. The zero-order valence-corrected chi connectivity index (χ0v) is 9.65. The van der Waals surface area contributed by atoms with Crippen molar-refractivity contribution >= 4 is 5.71 Å². The molecule has 1 N–H and O–H groups in total. The molecule has 4 nitrogen and oxygen atoms in total. The molecule has 1 atom stereocenters. The molecule has 1 aromatic carbocycles. The van der Waals surface area contributed by atoms with Crippen molar-refractivity contribution in [1.82, 2.24) is 0 Å². The van der Waals surface area contributed by atoms with Crippen LogP contribution in [0.3, 0.4) is 0 Å². The zero-order valence-electron chi connectivity index (χ0n) is 9.65. The van der Waals surface area contributed by atoms with Gasteiger partial charge in [-0.3, -0.25) is 0 Å². The molecule has 0 heterocycles. The maximum absolute atomic E-state index is 8.94. The van der Waals surface area contributed by atoms with Crippen molar-refractivity contribution < 1.29 is 14.7 Å². The van der Waals surface area contributed by atoms with Crippen LogP contribution in [0.4, 0.5) is 0 Å². The molecule has 0 amide bonds. The van der Waals surface area contributed by atoms with E-state index in [0.717, 1.165) is 17.5 Å². The smallest absolute Gasteiger partial charge is 0.161 e. The molecule has 0 aromatic heterocycles. The number of ether oxygens (including phenoxy) is 2. The molecule has 1 unspecified atom stereocenters. The van der Waals surface area contributed by atoms with Crippen LogP contribution in [0.15, 0.2) is 17.3 Å². The van der Waals surface area contributed by atoms with E-state index in [9.17, 15) is 0 Å². The first-order chi connectivity index (χ1) is 7.71. The molecular formula is C12H15NO3. The van der Waals surface area contributed by atoms with E-state index >= 15 is 0 Å². The van der Waals surface area contributed by atoms with Crippen molar-refractivity contribution in [2.45, 2.75) is 19.3 Å². The van der Waals surface area contributed by atoms with Gasteiger partial charge in [-0.15, -0.1) is 0 Å². The summed E-state index contributed by atoms with van der Waals surface area (Å²) in [6.07, 6.45) is 0.752. The van der Waals surface area contributed by atoms with Crippen LogP contribution >= 0.6 is 0 Å². The van der Waals surface area contributed by atoms with E-state index in [1.807, 2.05) is 12.1 Å². The number of benzene rings is 1. The molecule has 1 aromatic rings. The van der Waals surface area contributed by atoms with Gasteiger partial charge in [0.05, 0.1) is 19.9 Å². The summed E-state index contributed by atoms with van der Waals surface area (Å²) < 4.78 is 10.5. The molecule has 0 spiro atoms. The Morgan fingerprint density at radius 3 is 2.44 bits per heavy atom. The van der Waals surface area contributed by atoms with Crippen LogP contribution in [0.5, 0.6) is 11.5 Å². The number of oxime groups is 1. The summed E-state index contributed by atoms with van der Waals surface area (Å²) in [7, 11) is 3.21. The second-order valence-corrected chi connectivity index (χ2v) is 3.95. The molecular weight excluding hydrogens is 206 g/mol. The predicted molar refractivity (Wildman–Crippen MR) is 60.9 cm³/mol. The summed E-state index contributed by atoms with van der Waals surface area (Å²) in [5, 5.41) is 12.3. The summed E-state index contributed by atoms with van der Waals surface area (Å²) in [6, 6.07) is 3.82. The lowest BCUT2D eigenvalue weighted by Crippen LogP contribution is -1.97. The second kappa shape index (κ2) is 4.04. The first-order valence-electron chi connectivity index (χ1n) is 5.18. The highest BCUT2D eigenvalue weighted by Crippen LogP contribution is 2.40. The van der Waals surface area contributed by atoms with Gasteiger partial charge in [-0.05, 0) is 23.6 Å². The van der Waals surface area contributed by atoms with E-state index in [1.54, 1.807) is 14.2 Å². The fourth-order valence-electron chi connectivity index (χ4n) is 2.16. The van der Waals surface area contributed by atoms with Crippen molar-refractivity contribution in [2.24, 2.45) is 5.16 Å². The lowest BCUT2D eigenvalue weighted by atomic mass is 10.0. The van der Waals surface area contributed by atoms with Crippen molar-refractivity contribution in [3.05, 3.63) is 23.3 Å². The van der Waals surface area contributed by atoms with Crippen LogP contribution in [-0.2, 0) is 0 Å². The second-order valence-electron chi connectivity index (χ2n) is 3.95. The monoisotopic (exact) mass is 221 g/mol. The molecule has 0 radical (unpaired) electrons. The van der Waals surface area contributed by atoms with E-state index in [0.29, 0.717) is 23.1 Å². The van der Waals surface area contributed by atoms with Gasteiger partial charge in [-0.2, -0.15) is 0 Å². The summed E-state index contributed by atoms with van der Waals surface area (Å²) in [4.78, 5) is 0. The van der Waals surface area contributed by atoms with Gasteiger partial charge in [0.25, 0.3) is 0 Å². The third-order valence-electron chi connectivity index (χ3n) is 3.02. The van der Waals surface area contributed by atoms with Gasteiger partial charge in [0.2, 0.25) is 0 Å². The quantitative estimate of drug-likeness (QED) is 0.616. The van der Waals surface area contributed by atoms with Crippen molar-refractivity contribution in [3.63, 3.8) is 0 Å². The minimum absolute atomic E-state index is 0.348. The number of fused-ring (bicyclic) bond motifs is 1. The van der Waals surface area contributed by atoms with Crippen LogP contribution < -0.4 is 9.47 Å². The Morgan fingerprint density at radius 1 is 1.25 bits per heavy atom. The fourth-order valence-corrected chi connectivity index (χ4v) is 2.16. The van der Waals surface area contributed by atoms with Crippen LogP contribution in [0.25, 0.3) is 0 Å². The molecule has 4 heteroatoms. The molecule has 2 rings (SSSR count). The Morgan fingerprint density at radius 2 is 1.88 bits per heavy atom. The van der Waals surface area contributed by atoms with E-state index in [2.05, 4.69) is 12.1 Å². The zero-order chi connectivity index (χ0) is 11.7. The number of hydrogen-bond acceptors (Lipinski definition) is 4. The molecule has 0 bridgehead atoms. The highest BCUT2D eigenvalue weighted by molar-refractivity contribution is 6.05. The van der Waals surface area contributed by atoms with Crippen LogP contribution in [-0.4, -0.2) is 25.1 Å². The van der Waals surface area contributed by atoms with Gasteiger partial charge in [-0.25, -0.2) is 0 Å². The summed E-state index contributed by atoms with van der Waals surface area (Å²) >= 11 is 0. The summed E-state index contributed by atoms with van der Waals surface area (Å²) in [6.45, 7) is 2.10.